The summed E-state index contributed by atoms with van der Waals surface area (Å²) in [7, 11) is 0. The summed E-state index contributed by atoms with van der Waals surface area (Å²) >= 11 is 0. The van der Waals surface area contributed by atoms with Gasteiger partial charge in [0.15, 0.2) is 0 Å². The van der Waals surface area contributed by atoms with Crippen LogP contribution in [0.4, 0.5) is 0 Å². The van der Waals surface area contributed by atoms with Crippen molar-refractivity contribution in [3.8, 4) is 0 Å². The second kappa shape index (κ2) is 17.5. The number of hydrogen-bond donors (Lipinski definition) is 7. The van der Waals surface area contributed by atoms with E-state index in [4.69, 9.17) is 40.1 Å². The summed E-state index contributed by atoms with van der Waals surface area (Å²) in [6.45, 7) is 11.4. The molecule has 0 bridgehead atoms. The van der Waals surface area contributed by atoms with Crippen molar-refractivity contribution in [1.29, 1.82) is 0 Å². The predicted molar refractivity (Wildman–Crippen MR) is 120 cm³/mol. The van der Waals surface area contributed by atoms with E-state index in [1.165, 1.54) is 0 Å². The van der Waals surface area contributed by atoms with Crippen LogP contribution in [-0.4, -0.2) is 118 Å². The summed E-state index contributed by atoms with van der Waals surface area (Å²) in [5.74, 6) is 0. The highest BCUT2D eigenvalue weighted by atomic mass is 15.2. The molecule has 0 amide bonds. The van der Waals surface area contributed by atoms with Crippen LogP contribution >= 0.6 is 0 Å². The van der Waals surface area contributed by atoms with Crippen molar-refractivity contribution < 1.29 is 0 Å². The Hall–Kier alpha value is -0.400. The average Bonchev–Trinajstić information content (AvgIpc) is 2.64. The lowest BCUT2D eigenvalue weighted by Crippen LogP contribution is -2.55. The van der Waals surface area contributed by atoms with Gasteiger partial charge >= 0.3 is 0 Å². The molecule has 0 spiro atoms. The molecule has 170 valence electrons. The summed E-state index contributed by atoms with van der Waals surface area (Å²) in [5, 5.41) is 0. The van der Waals surface area contributed by atoms with Crippen molar-refractivity contribution in [1.82, 2.24) is 14.7 Å². The molecule has 0 aromatic carbocycles. The highest BCUT2D eigenvalue weighted by Crippen LogP contribution is 2.13. The maximum absolute atomic E-state index is 6.66. The second-order valence-electron chi connectivity index (χ2n) is 7.55. The summed E-state index contributed by atoms with van der Waals surface area (Å²) < 4.78 is 0. The standard InChI is InChI=1S/C18H48N10/c19-3-1-18(25,2-4-20)17-28(15-13-26(9-5-21)10-6-22)16-14-27(11-7-23)12-8-24/h1-17,19-25H2. The first-order valence-electron chi connectivity index (χ1n) is 10.6. The number of rotatable bonds is 20. The Labute approximate surface area is 172 Å². The van der Waals surface area contributed by atoms with E-state index in [0.29, 0.717) is 39.3 Å². The summed E-state index contributed by atoms with van der Waals surface area (Å²) in [6.07, 6.45) is 1.51. The van der Waals surface area contributed by atoms with Crippen molar-refractivity contribution in [2.24, 2.45) is 40.1 Å². The van der Waals surface area contributed by atoms with Gasteiger partial charge in [-0.25, -0.2) is 0 Å². The Morgan fingerprint density at radius 3 is 1.04 bits per heavy atom. The molecule has 0 unspecified atom stereocenters. The topological polar surface area (TPSA) is 192 Å². The molecule has 0 saturated heterocycles. The number of hydrogen-bond acceptors (Lipinski definition) is 10. The first kappa shape index (κ1) is 27.6. The van der Waals surface area contributed by atoms with Crippen molar-refractivity contribution >= 4 is 0 Å². The number of nitrogens with zero attached hydrogens (tertiary/aromatic N) is 3. The maximum atomic E-state index is 6.66. The first-order chi connectivity index (χ1) is 13.5. The Balaban J connectivity index is 5.00. The van der Waals surface area contributed by atoms with Crippen LogP contribution in [0.3, 0.4) is 0 Å². The minimum Gasteiger partial charge on any atom is -0.330 e. The van der Waals surface area contributed by atoms with Crippen LogP contribution in [0.2, 0.25) is 0 Å². The molecule has 0 rings (SSSR count). The third-order valence-corrected chi connectivity index (χ3v) is 5.07. The van der Waals surface area contributed by atoms with Gasteiger partial charge in [0.25, 0.3) is 0 Å². The van der Waals surface area contributed by atoms with E-state index in [0.717, 1.165) is 71.7 Å². The fourth-order valence-electron chi connectivity index (χ4n) is 3.54. The number of nitrogens with two attached hydrogens (primary N) is 7. The molecule has 0 fully saturated rings. The van der Waals surface area contributed by atoms with E-state index in [1.54, 1.807) is 0 Å². The van der Waals surface area contributed by atoms with E-state index >= 15 is 0 Å². The van der Waals surface area contributed by atoms with Gasteiger partial charge in [-0.3, -0.25) is 14.7 Å². The van der Waals surface area contributed by atoms with Gasteiger partial charge in [0.2, 0.25) is 0 Å². The molecule has 0 atom stereocenters. The maximum Gasteiger partial charge on any atom is 0.0307 e. The molecule has 28 heavy (non-hydrogen) atoms. The van der Waals surface area contributed by atoms with E-state index in [9.17, 15) is 0 Å². The molecule has 14 N–H and O–H groups in total. The van der Waals surface area contributed by atoms with Gasteiger partial charge in [0, 0.05) is 90.6 Å². The minimum atomic E-state index is -0.372. The highest BCUT2D eigenvalue weighted by molar-refractivity contribution is 4.89. The van der Waals surface area contributed by atoms with E-state index < -0.39 is 0 Å². The van der Waals surface area contributed by atoms with Crippen LogP contribution in [-0.2, 0) is 0 Å². The van der Waals surface area contributed by atoms with Crippen molar-refractivity contribution in [3.05, 3.63) is 0 Å². The molecular formula is C18H48N10. The summed E-state index contributed by atoms with van der Waals surface area (Å²) in [6, 6.07) is 0. The van der Waals surface area contributed by atoms with Crippen LogP contribution < -0.4 is 40.1 Å². The van der Waals surface area contributed by atoms with E-state index in [1.807, 2.05) is 0 Å². The molecular weight excluding hydrogens is 356 g/mol. The Bertz CT molecular complexity index is 306. The van der Waals surface area contributed by atoms with Gasteiger partial charge in [-0.1, -0.05) is 0 Å². The van der Waals surface area contributed by atoms with Crippen LogP contribution in [0.1, 0.15) is 12.8 Å². The summed E-state index contributed by atoms with van der Waals surface area (Å²) in [5.41, 5.74) is 40.9. The van der Waals surface area contributed by atoms with Gasteiger partial charge in [0.05, 0.1) is 0 Å². The largest absolute Gasteiger partial charge is 0.330 e. The molecule has 0 aromatic rings. The van der Waals surface area contributed by atoms with Gasteiger partial charge in [-0.15, -0.1) is 0 Å². The molecule has 10 heteroatoms. The third kappa shape index (κ3) is 12.9. The predicted octanol–water partition coefficient (Wildman–Crippen LogP) is -3.88. The lowest BCUT2D eigenvalue weighted by atomic mass is 9.91. The minimum absolute atomic E-state index is 0.372. The summed E-state index contributed by atoms with van der Waals surface area (Å²) in [4.78, 5) is 7.01. The van der Waals surface area contributed by atoms with Gasteiger partial charge in [0.1, 0.15) is 0 Å². The van der Waals surface area contributed by atoms with Gasteiger partial charge < -0.3 is 40.1 Å². The molecule has 10 nitrogen and oxygen atoms in total. The van der Waals surface area contributed by atoms with E-state index in [-0.39, 0.29) is 5.54 Å². The second-order valence-corrected chi connectivity index (χ2v) is 7.55. The molecule has 0 aliphatic carbocycles. The first-order valence-corrected chi connectivity index (χ1v) is 10.6. The fourth-order valence-corrected chi connectivity index (χ4v) is 3.54. The highest BCUT2D eigenvalue weighted by Gasteiger charge is 2.26. The molecule has 0 aliphatic rings. The fraction of sp³-hybridized carbons (Fsp3) is 1.00. The zero-order valence-corrected chi connectivity index (χ0v) is 17.9. The van der Waals surface area contributed by atoms with E-state index in [2.05, 4.69) is 14.7 Å². The smallest absolute Gasteiger partial charge is 0.0307 e. The molecule has 0 radical (unpaired) electrons. The Morgan fingerprint density at radius 1 is 0.429 bits per heavy atom. The quantitative estimate of drug-likeness (QED) is 0.105. The average molecular weight is 405 g/mol. The zero-order valence-electron chi connectivity index (χ0n) is 17.9. The lowest BCUT2D eigenvalue weighted by Gasteiger charge is -2.37. The van der Waals surface area contributed by atoms with Crippen LogP contribution in [0, 0.1) is 0 Å². The molecule has 0 saturated carbocycles. The SMILES string of the molecule is NCCN(CCN)CCN(CCN(CCN)CCN)CC(N)(CCN)CCN. The van der Waals surface area contributed by atoms with Gasteiger partial charge in [-0.2, -0.15) is 0 Å². The van der Waals surface area contributed by atoms with Crippen LogP contribution in [0.25, 0.3) is 0 Å². The Kier molecular flexibility index (Phi) is 17.2. The monoisotopic (exact) mass is 404 g/mol. The molecule has 0 aromatic heterocycles. The zero-order chi connectivity index (χ0) is 21.3. The molecule has 0 aliphatic heterocycles. The van der Waals surface area contributed by atoms with Crippen molar-refractivity contribution in [2.75, 3.05) is 98.2 Å². The molecule has 0 heterocycles. The third-order valence-electron chi connectivity index (χ3n) is 5.07. The normalized spacial score (nSPS) is 12.6. The Morgan fingerprint density at radius 2 is 0.750 bits per heavy atom. The van der Waals surface area contributed by atoms with Crippen LogP contribution in [0.15, 0.2) is 0 Å². The lowest BCUT2D eigenvalue weighted by molar-refractivity contribution is 0.146. The van der Waals surface area contributed by atoms with Gasteiger partial charge in [-0.05, 0) is 25.9 Å². The van der Waals surface area contributed by atoms with Crippen molar-refractivity contribution in [3.63, 3.8) is 0 Å². The van der Waals surface area contributed by atoms with Crippen LogP contribution in [0.5, 0.6) is 0 Å². The van der Waals surface area contributed by atoms with Crippen molar-refractivity contribution in [2.45, 2.75) is 18.4 Å².